The molecule has 1 heterocycles. The van der Waals surface area contributed by atoms with Gasteiger partial charge in [-0.05, 0) is 49.2 Å². The van der Waals surface area contributed by atoms with Gasteiger partial charge in [-0.15, -0.1) is 4.83 Å². The summed E-state index contributed by atoms with van der Waals surface area (Å²) >= 11 is 0. The Morgan fingerprint density at radius 1 is 1.25 bits per heavy atom. The molecule has 0 saturated carbocycles. The molecular weight excluding hydrogens is 380 g/mol. The van der Waals surface area contributed by atoms with Gasteiger partial charge in [0.25, 0.3) is 10.0 Å². The molecule has 0 aromatic heterocycles. The number of sulfonamides is 1. The number of nitrogens with zero attached hydrogens (tertiary/aromatic N) is 1. The number of hydrazine groups is 1. The normalized spacial score (nSPS) is 20.2. The highest BCUT2D eigenvalue weighted by Crippen LogP contribution is 2.23. The molecule has 1 fully saturated rings. The number of ether oxygens (including phenoxy) is 1. The van der Waals surface area contributed by atoms with Crippen LogP contribution in [-0.4, -0.2) is 43.2 Å². The number of benzene rings is 2. The highest BCUT2D eigenvalue weighted by atomic mass is 32.2. The molecule has 28 heavy (non-hydrogen) atoms. The minimum atomic E-state index is -3.88. The molecule has 2 unspecified atom stereocenters. The van der Waals surface area contributed by atoms with Crippen LogP contribution < -0.4 is 9.57 Å². The third-order valence-corrected chi connectivity index (χ3v) is 6.15. The van der Waals surface area contributed by atoms with Crippen LogP contribution in [0, 0.1) is 0 Å². The van der Waals surface area contributed by atoms with E-state index in [4.69, 9.17) is 9.84 Å². The van der Waals surface area contributed by atoms with Crippen LogP contribution in [-0.2, 0) is 16.4 Å². The number of hydrogen-bond acceptors (Lipinski definition) is 5. The number of carbonyl (C=O) groups is 1. The van der Waals surface area contributed by atoms with Crippen molar-refractivity contribution in [2.45, 2.75) is 43.7 Å². The quantitative estimate of drug-likeness (QED) is 0.737. The molecule has 0 spiro atoms. The van der Waals surface area contributed by atoms with Crippen molar-refractivity contribution in [1.29, 1.82) is 0 Å². The van der Waals surface area contributed by atoms with Crippen LogP contribution in [0.3, 0.4) is 0 Å². The van der Waals surface area contributed by atoms with E-state index in [2.05, 4.69) is 11.8 Å². The van der Waals surface area contributed by atoms with Crippen LogP contribution in [0.1, 0.15) is 36.2 Å². The second-order valence-corrected chi connectivity index (χ2v) is 8.56. The second-order valence-electron chi connectivity index (χ2n) is 6.90. The average molecular weight is 404 g/mol. The summed E-state index contributed by atoms with van der Waals surface area (Å²) in [6, 6.07) is 13.1. The van der Waals surface area contributed by atoms with E-state index in [1.807, 2.05) is 31.2 Å². The van der Waals surface area contributed by atoms with Crippen LogP contribution in [0.15, 0.2) is 53.4 Å². The zero-order valence-electron chi connectivity index (χ0n) is 15.8. The summed E-state index contributed by atoms with van der Waals surface area (Å²) in [6.45, 7) is 4.40. The van der Waals surface area contributed by atoms with Gasteiger partial charge in [0.05, 0.1) is 17.0 Å². The molecule has 1 aliphatic heterocycles. The fourth-order valence-electron chi connectivity index (χ4n) is 3.19. The number of carboxylic acid groups (broad SMARTS) is 1. The highest BCUT2D eigenvalue weighted by molar-refractivity contribution is 7.89. The van der Waals surface area contributed by atoms with Gasteiger partial charge >= 0.3 is 5.97 Å². The van der Waals surface area contributed by atoms with Crippen molar-refractivity contribution in [2.24, 2.45) is 0 Å². The van der Waals surface area contributed by atoms with Crippen LogP contribution >= 0.6 is 0 Å². The van der Waals surface area contributed by atoms with Crippen LogP contribution in [0.25, 0.3) is 0 Å². The van der Waals surface area contributed by atoms with Gasteiger partial charge in [-0.2, -0.15) is 0 Å². The molecule has 2 aromatic carbocycles. The molecule has 2 aromatic rings. The smallest absolute Gasteiger partial charge is 0.335 e. The third kappa shape index (κ3) is 4.70. The standard InChI is InChI=1S/C20H24N2O5S/c1-3-15-7-9-17(10-8-15)27-18-11-14(2)22(13-18)21-28(25,26)19-6-4-5-16(12-19)20(23)24/h4-10,12,14,18,21H,3,11,13H2,1-2H3,(H,23,24). The molecule has 150 valence electrons. The number of carboxylic acids is 1. The monoisotopic (exact) mass is 404 g/mol. The first-order chi connectivity index (χ1) is 13.3. The number of aryl methyl sites for hydroxylation is 1. The van der Waals surface area contributed by atoms with E-state index in [9.17, 15) is 13.2 Å². The average Bonchev–Trinajstić information content (AvgIpc) is 3.00. The van der Waals surface area contributed by atoms with E-state index in [-0.39, 0.29) is 22.6 Å². The molecule has 8 heteroatoms. The number of aromatic carboxylic acids is 1. The summed E-state index contributed by atoms with van der Waals surface area (Å²) in [5.74, 6) is -0.414. The second kappa shape index (κ2) is 8.30. The molecule has 0 aliphatic carbocycles. The Morgan fingerprint density at radius 2 is 1.96 bits per heavy atom. The topological polar surface area (TPSA) is 95.9 Å². The van der Waals surface area contributed by atoms with Gasteiger partial charge in [-0.1, -0.05) is 25.1 Å². The lowest BCUT2D eigenvalue weighted by Gasteiger charge is -2.21. The largest absolute Gasteiger partial charge is 0.489 e. The summed E-state index contributed by atoms with van der Waals surface area (Å²) in [5.41, 5.74) is 1.15. The van der Waals surface area contributed by atoms with Gasteiger partial charge < -0.3 is 9.84 Å². The Bertz CT molecular complexity index is 943. The molecule has 2 N–H and O–H groups in total. The van der Waals surface area contributed by atoms with E-state index in [1.165, 1.54) is 23.8 Å². The Morgan fingerprint density at radius 3 is 2.61 bits per heavy atom. The number of rotatable bonds is 7. The summed E-state index contributed by atoms with van der Waals surface area (Å²) in [6.07, 6.45) is 1.49. The Kier molecular flexibility index (Phi) is 6.02. The summed E-state index contributed by atoms with van der Waals surface area (Å²) in [7, 11) is -3.88. The highest BCUT2D eigenvalue weighted by Gasteiger charge is 2.33. The lowest BCUT2D eigenvalue weighted by Crippen LogP contribution is -2.44. The predicted molar refractivity (Wildman–Crippen MR) is 105 cm³/mol. The first-order valence-corrected chi connectivity index (χ1v) is 10.6. The first-order valence-electron chi connectivity index (χ1n) is 9.16. The van der Waals surface area contributed by atoms with Crippen molar-refractivity contribution in [3.63, 3.8) is 0 Å². The number of hydrogen-bond donors (Lipinski definition) is 2. The van der Waals surface area contributed by atoms with Crippen molar-refractivity contribution < 1.29 is 23.1 Å². The summed E-state index contributed by atoms with van der Waals surface area (Å²) < 4.78 is 31.3. The fraction of sp³-hybridized carbons (Fsp3) is 0.350. The lowest BCUT2D eigenvalue weighted by molar-refractivity contribution is 0.0696. The van der Waals surface area contributed by atoms with Gasteiger partial charge in [0.2, 0.25) is 0 Å². The van der Waals surface area contributed by atoms with Crippen LogP contribution in [0.5, 0.6) is 5.75 Å². The van der Waals surface area contributed by atoms with E-state index in [0.29, 0.717) is 13.0 Å². The van der Waals surface area contributed by atoms with Gasteiger partial charge in [-0.25, -0.2) is 18.2 Å². The molecule has 0 bridgehead atoms. The third-order valence-electron chi connectivity index (χ3n) is 4.80. The maximum atomic E-state index is 12.7. The Hall–Kier alpha value is -2.42. The lowest BCUT2D eigenvalue weighted by atomic mass is 10.1. The van der Waals surface area contributed by atoms with Crippen molar-refractivity contribution in [2.75, 3.05) is 6.54 Å². The first kappa shape index (κ1) is 20.3. The molecule has 1 saturated heterocycles. The Balaban J connectivity index is 1.67. The predicted octanol–water partition coefficient (Wildman–Crippen LogP) is 2.68. The van der Waals surface area contributed by atoms with Crippen molar-refractivity contribution in [3.8, 4) is 5.75 Å². The SMILES string of the molecule is CCc1ccc(OC2CC(C)N(NS(=O)(=O)c3cccc(C(=O)O)c3)C2)cc1. The maximum absolute atomic E-state index is 12.7. The molecule has 1 aliphatic rings. The van der Waals surface area contributed by atoms with Crippen LogP contribution in [0.2, 0.25) is 0 Å². The van der Waals surface area contributed by atoms with Crippen molar-refractivity contribution in [3.05, 3.63) is 59.7 Å². The van der Waals surface area contributed by atoms with Crippen molar-refractivity contribution in [1.82, 2.24) is 9.84 Å². The minimum Gasteiger partial charge on any atom is -0.489 e. The number of nitrogens with one attached hydrogen (secondary N) is 1. The van der Waals surface area contributed by atoms with Gasteiger partial charge in [-0.3, -0.25) is 0 Å². The maximum Gasteiger partial charge on any atom is 0.335 e. The van der Waals surface area contributed by atoms with Gasteiger partial charge in [0, 0.05) is 12.5 Å². The Labute approximate surface area is 165 Å². The molecule has 0 amide bonds. The summed E-state index contributed by atoms with van der Waals surface area (Å²) in [4.78, 5) is 13.6. The van der Waals surface area contributed by atoms with Crippen molar-refractivity contribution >= 4 is 16.0 Å². The molecule has 7 nitrogen and oxygen atoms in total. The molecule has 2 atom stereocenters. The van der Waals surface area contributed by atoms with E-state index >= 15 is 0 Å². The van der Waals surface area contributed by atoms with E-state index < -0.39 is 16.0 Å². The van der Waals surface area contributed by atoms with Gasteiger partial charge in [0.15, 0.2) is 0 Å². The zero-order valence-corrected chi connectivity index (χ0v) is 16.6. The molecule has 0 radical (unpaired) electrons. The molecular formula is C20H24N2O5S. The fourth-order valence-corrected chi connectivity index (χ4v) is 4.40. The minimum absolute atomic E-state index is 0.0580. The summed E-state index contributed by atoms with van der Waals surface area (Å²) in [5, 5.41) is 10.7. The molecule has 3 rings (SSSR count). The van der Waals surface area contributed by atoms with E-state index in [1.54, 1.807) is 5.01 Å². The van der Waals surface area contributed by atoms with E-state index in [0.717, 1.165) is 18.2 Å². The van der Waals surface area contributed by atoms with Gasteiger partial charge in [0.1, 0.15) is 11.9 Å². The van der Waals surface area contributed by atoms with Crippen LogP contribution in [0.4, 0.5) is 0 Å². The zero-order chi connectivity index (χ0) is 20.3.